The molecule has 41 heavy (non-hydrogen) atoms. The number of carbonyl (C=O) groups excluding carboxylic acids is 1. The van der Waals surface area contributed by atoms with Gasteiger partial charge in [-0.3, -0.25) is 0 Å². The fraction of sp³-hybridized carbons (Fsp3) is 0.333. The van der Waals surface area contributed by atoms with Crippen LogP contribution in [0.4, 0.5) is 4.79 Å². The highest BCUT2D eigenvalue weighted by molar-refractivity contribution is 5.68. The lowest BCUT2D eigenvalue weighted by atomic mass is 9.83. The Kier molecular flexibility index (Phi) is 9.81. The Morgan fingerprint density at radius 2 is 1.54 bits per heavy atom. The average molecular weight is 559 g/mol. The number of aliphatic hydroxyl groups excluding tert-OH is 1. The molecule has 4 rings (SSSR count). The van der Waals surface area contributed by atoms with Crippen molar-refractivity contribution in [1.82, 2.24) is 10.1 Å². The molecule has 0 unspecified atom stereocenters. The number of hydrogen-bond acceptors (Lipinski definition) is 7. The SMILES string of the molecule is CC(C)(C)OC(=O)N(CCCOc1ccc(CCO)cc1)Cc1cc(C(O)(c2ccccc2)c2ccccc2)no1. The average Bonchev–Trinajstić information content (AvgIpc) is 3.44. The third-order valence-corrected chi connectivity index (χ3v) is 6.48. The molecule has 2 N–H and O–H groups in total. The summed E-state index contributed by atoms with van der Waals surface area (Å²) in [6.07, 6.45) is 0.671. The number of carbonyl (C=O) groups is 1. The highest BCUT2D eigenvalue weighted by Crippen LogP contribution is 2.36. The van der Waals surface area contributed by atoms with Crippen molar-refractivity contribution < 1.29 is 29.0 Å². The van der Waals surface area contributed by atoms with Crippen molar-refractivity contribution in [2.75, 3.05) is 19.8 Å². The number of aliphatic hydroxyl groups is 2. The Morgan fingerprint density at radius 3 is 2.10 bits per heavy atom. The van der Waals surface area contributed by atoms with Crippen molar-refractivity contribution in [1.29, 1.82) is 0 Å². The highest BCUT2D eigenvalue weighted by atomic mass is 16.6. The predicted molar refractivity (Wildman–Crippen MR) is 155 cm³/mol. The summed E-state index contributed by atoms with van der Waals surface area (Å²) in [5.41, 5.74) is 0.445. The molecule has 0 aliphatic heterocycles. The van der Waals surface area contributed by atoms with Crippen LogP contribution in [0.25, 0.3) is 0 Å². The molecule has 3 aromatic carbocycles. The van der Waals surface area contributed by atoms with E-state index in [-0.39, 0.29) is 13.2 Å². The van der Waals surface area contributed by atoms with Crippen LogP contribution in [-0.2, 0) is 23.3 Å². The van der Waals surface area contributed by atoms with Gasteiger partial charge in [0.25, 0.3) is 0 Å². The van der Waals surface area contributed by atoms with Gasteiger partial charge < -0.3 is 29.1 Å². The maximum Gasteiger partial charge on any atom is 0.410 e. The van der Waals surface area contributed by atoms with Crippen molar-refractivity contribution >= 4 is 6.09 Å². The molecule has 0 bridgehead atoms. The second-order valence-corrected chi connectivity index (χ2v) is 10.8. The van der Waals surface area contributed by atoms with E-state index in [0.29, 0.717) is 48.6 Å². The number of nitrogens with zero attached hydrogens (tertiary/aromatic N) is 2. The molecule has 8 nitrogen and oxygen atoms in total. The Hall–Kier alpha value is -4.14. The van der Waals surface area contributed by atoms with Crippen LogP contribution in [0.5, 0.6) is 5.75 Å². The molecule has 0 atom stereocenters. The van der Waals surface area contributed by atoms with E-state index >= 15 is 0 Å². The molecule has 1 amide bonds. The number of benzene rings is 3. The Labute approximate surface area is 241 Å². The van der Waals surface area contributed by atoms with Gasteiger partial charge in [-0.15, -0.1) is 0 Å². The fourth-order valence-corrected chi connectivity index (χ4v) is 4.46. The predicted octanol–water partition coefficient (Wildman–Crippen LogP) is 5.70. The van der Waals surface area contributed by atoms with Crippen LogP contribution in [0.15, 0.2) is 95.5 Å². The zero-order valence-corrected chi connectivity index (χ0v) is 23.8. The monoisotopic (exact) mass is 558 g/mol. The summed E-state index contributed by atoms with van der Waals surface area (Å²) >= 11 is 0. The van der Waals surface area contributed by atoms with Crippen molar-refractivity contribution in [2.24, 2.45) is 0 Å². The number of amides is 1. The molecular formula is C33H38N2O6. The van der Waals surface area contributed by atoms with Crippen LogP contribution in [0.2, 0.25) is 0 Å². The summed E-state index contributed by atoms with van der Waals surface area (Å²) in [5.74, 6) is 1.13. The Bertz CT molecular complexity index is 1320. The Morgan fingerprint density at radius 1 is 0.927 bits per heavy atom. The highest BCUT2D eigenvalue weighted by Gasteiger charge is 2.37. The van der Waals surface area contributed by atoms with Gasteiger partial charge in [0.1, 0.15) is 17.0 Å². The maximum atomic E-state index is 13.1. The normalized spacial score (nSPS) is 11.7. The minimum absolute atomic E-state index is 0.102. The zero-order chi connectivity index (χ0) is 29.3. The summed E-state index contributed by atoms with van der Waals surface area (Å²) in [6.45, 7) is 6.41. The third kappa shape index (κ3) is 7.96. The van der Waals surface area contributed by atoms with Crippen LogP contribution in [0, 0.1) is 0 Å². The van der Waals surface area contributed by atoms with Gasteiger partial charge in [0.2, 0.25) is 0 Å². The van der Waals surface area contributed by atoms with E-state index in [9.17, 15) is 9.90 Å². The first kappa shape index (κ1) is 29.8. The standard InChI is InChI=1S/C33H38N2O6/c1-32(2,3)40-31(37)35(20-10-22-39-28-17-15-25(16-18-28)19-21-36)24-29-23-30(34-41-29)33(38,26-11-6-4-7-12-26)27-13-8-5-9-14-27/h4-9,11-18,23,36,38H,10,19-22,24H2,1-3H3. The smallest absolute Gasteiger partial charge is 0.410 e. The summed E-state index contributed by atoms with van der Waals surface area (Å²) < 4.78 is 17.2. The largest absolute Gasteiger partial charge is 0.494 e. The van der Waals surface area contributed by atoms with Gasteiger partial charge in [-0.05, 0) is 62.4 Å². The third-order valence-electron chi connectivity index (χ3n) is 6.48. The van der Waals surface area contributed by atoms with Crippen LogP contribution in [-0.4, -0.2) is 51.7 Å². The van der Waals surface area contributed by atoms with Crippen LogP contribution in [0.3, 0.4) is 0 Å². The van der Waals surface area contributed by atoms with Crippen molar-refractivity contribution in [3.63, 3.8) is 0 Å². The van der Waals surface area contributed by atoms with Crippen molar-refractivity contribution in [3.8, 4) is 5.75 Å². The van der Waals surface area contributed by atoms with Crippen LogP contribution >= 0.6 is 0 Å². The van der Waals surface area contributed by atoms with Crippen molar-refractivity contribution in [2.45, 2.75) is 51.4 Å². The molecule has 0 aliphatic carbocycles. The van der Waals surface area contributed by atoms with Crippen LogP contribution in [0.1, 0.15) is 55.3 Å². The van der Waals surface area contributed by atoms with E-state index in [1.165, 1.54) is 0 Å². The topological polar surface area (TPSA) is 105 Å². The van der Waals surface area contributed by atoms with Gasteiger partial charge in [-0.25, -0.2) is 4.79 Å². The fourth-order valence-electron chi connectivity index (χ4n) is 4.46. The van der Waals surface area contributed by atoms with E-state index in [1.807, 2.05) is 106 Å². The van der Waals surface area contributed by atoms with Crippen molar-refractivity contribution in [3.05, 3.63) is 119 Å². The maximum absolute atomic E-state index is 13.1. The summed E-state index contributed by atoms with van der Waals surface area (Å²) in [7, 11) is 0. The lowest BCUT2D eigenvalue weighted by molar-refractivity contribution is 0.0209. The number of aromatic nitrogens is 1. The first-order valence-electron chi connectivity index (χ1n) is 13.8. The first-order valence-corrected chi connectivity index (χ1v) is 13.8. The molecule has 216 valence electrons. The lowest BCUT2D eigenvalue weighted by Gasteiger charge is -2.27. The molecule has 0 spiro atoms. The summed E-state index contributed by atoms with van der Waals surface area (Å²) in [6, 6.07) is 27.8. The lowest BCUT2D eigenvalue weighted by Crippen LogP contribution is -2.37. The molecule has 0 saturated carbocycles. The second-order valence-electron chi connectivity index (χ2n) is 10.8. The van der Waals surface area contributed by atoms with Crippen LogP contribution < -0.4 is 4.74 Å². The van der Waals surface area contributed by atoms with E-state index in [4.69, 9.17) is 19.1 Å². The van der Waals surface area contributed by atoms with Gasteiger partial charge >= 0.3 is 6.09 Å². The summed E-state index contributed by atoms with van der Waals surface area (Å²) in [4.78, 5) is 14.7. The molecule has 8 heteroatoms. The van der Waals surface area contributed by atoms with E-state index in [1.54, 1.807) is 11.0 Å². The molecule has 4 aromatic rings. The Balaban J connectivity index is 1.49. The molecule has 1 aromatic heterocycles. The van der Waals surface area contributed by atoms with Gasteiger partial charge in [0.15, 0.2) is 11.4 Å². The van der Waals surface area contributed by atoms with E-state index < -0.39 is 17.3 Å². The molecular weight excluding hydrogens is 520 g/mol. The summed E-state index contributed by atoms with van der Waals surface area (Å²) in [5, 5.41) is 25.3. The quantitative estimate of drug-likeness (QED) is 0.215. The number of ether oxygens (including phenoxy) is 2. The first-order chi connectivity index (χ1) is 19.7. The molecule has 0 radical (unpaired) electrons. The number of rotatable bonds is 12. The second kappa shape index (κ2) is 13.5. The zero-order valence-electron chi connectivity index (χ0n) is 23.8. The minimum Gasteiger partial charge on any atom is -0.494 e. The van der Waals surface area contributed by atoms with Gasteiger partial charge in [0.05, 0.1) is 13.2 Å². The molecule has 0 aliphatic rings. The molecule has 1 heterocycles. The van der Waals surface area contributed by atoms with E-state index in [2.05, 4.69) is 5.16 Å². The molecule has 0 fully saturated rings. The van der Waals surface area contributed by atoms with E-state index in [0.717, 1.165) is 11.3 Å². The number of hydrogen-bond donors (Lipinski definition) is 2. The van der Waals surface area contributed by atoms with Gasteiger partial charge in [-0.1, -0.05) is 78.0 Å². The van der Waals surface area contributed by atoms with Gasteiger partial charge in [-0.2, -0.15) is 0 Å². The minimum atomic E-state index is -1.54. The van der Waals surface area contributed by atoms with Gasteiger partial charge in [0, 0.05) is 19.2 Å². The molecule has 0 saturated heterocycles.